The van der Waals surface area contributed by atoms with Crippen molar-refractivity contribution >= 4 is 5.91 Å². The third kappa shape index (κ3) is 4.21. The van der Waals surface area contributed by atoms with Gasteiger partial charge in [0, 0.05) is 13.2 Å². The van der Waals surface area contributed by atoms with Gasteiger partial charge in [0.1, 0.15) is 5.75 Å². The number of aryl methyl sites for hydroxylation is 1. The zero-order valence-corrected chi connectivity index (χ0v) is 13.1. The molecular weight excluding hydrogens is 266 g/mol. The number of hydrogen-bond acceptors (Lipinski definition) is 3. The smallest absolute Gasteiger partial charge is 0.261 e. The quantitative estimate of drug-likeness (QED) is 0.876. The minimum absolute atomic E-state index is 0.0612. The molecule has 116 valence electrons. The predicted octanol–water partition coefficient (Wildman–Crippen LogP) is 2.76. The first-order valence-corrected chi connectivity index (χ1v) is 7.74. The van der Waals surface area contributed by atoms with E-state index in [1.54, 1.807) is 0 Å². The molecule has 2 rings (SSSR count). The van der Waals surface area contributed by atoms with Crippen LogP contribution in [0.2, 0.25) is 0 Å². The van der Waals surface area contributed by atoms with Crippen molar-refractivity contribution < 1.29 is 14.3 Å². The summed E-state index contributed by atoms with van der Waals surface area (Å²) < 4.78 is 11.4. The van der Waals surface area contributed by atoms with E-state index in [4.69, 9.17) is 9.47 Å². The lowest BCUT2D eigenvalue weighted by atomic mass is 10.1. The summed E-state index contributed by atoms with van der Waals surface area (Å²) in [6.07, 6.45) is 2.45. The van der Waals surface area contributed by atoms with Gasteiger partial charge in [-0.2, -0.15) is 0 Å². The van der Waals surface area contributed by atoms with Gasteiger partial charge >= 0.3 is 0 Å². The van der Waals surface area contributed by atoms with Crippen LogP contribution in [0.1, 0.15) is 37.3 Å². The zero-order chi connectivity index (χ0) is 15.2. The molecule has 0 aliphatic carbocycles. The first kappa shape index (κ1) is 15.8. The van der Waals surface area contributed by atoms with Gasteiger partial charge < -0.3 is 14.8 Å². The molecule has 1 fully saturated rings. The normalized spacial score (nSPS) is 19.3. The van der Waals surface area contributed by atoms with Crippen molar-refractivity contribution in [1.29, 1.82) is 0 Å². The van der Waals surface area contributed by atoms with Crippen LogP contribution in [-0.4, -0.2) is 31.3 Å². The lowest BCUT2D eigenvalue weighted by Crippen LogP contribution is -2.41. The number of ether oxygens (including phenoxy) is 2. The van der Waals surface area contributed by atoms with Crippen molar-refractivity contribution in [3.63, 3.8) is 0 Å². The van der Waals surface area contributed by atoms with Crippen molar-refractivity contribution in [3.05, 3.63) is 29.3 Å². The maximum atomic E-state index is 12.2. The van der Waals surface area contributed by atoms with Gasteiger partial charge in [0.2, 0.25) is 0 Å². The predicted molar refractivity (Wildman–Crippen MR) is 82.6 cm³/mol. The Bertz CT molecular complexity index is 481. The van der Waals surface area contributed by atoms with Crippen molar-refractivity contribution in [1.82, 2.24) is 5.32 Å². The highest BCUT2D eigenvalue weighted by atomic mass is 16.5. The van der Waals surface area contributed by atoms with Crippen LogP contribution in [0.15, 0.2) is 18.2 Å². The van der Waals surface area contributed by atoms with Gasteiger partial charge in [-0.3, -0.25) is 4.79 Å². The number of amides is 1. The van der Waals surface area contributed by atoms with Gasteiger partial charge in [-0.05, 0) is 50.3 Å². The van der Waals surface area contributed by atoms with Gasteiger partial charge in [-0.1, -0.05) is 19.1 Å². The number of benzene rings is 1. The Morgan fingerprint density at radius 1 is 1.48 bits per heavy atom. The molecule has 1 heterocycles. The summed E-state index contributed by atoms with van der Waals surface area (Å²) in [7, 11) is 0. The highest BCUT2D eigenvalue weighted by molar-refractivity contribution is 5.81. The molecule has 1 N–H and O–H groups in total. The van der Waals surface area contributed by atoms with Gasteiger partial charge in [-0.15, -0.1) is 0 Å². The number of nitrogens with one attached hydrogen (secondary N) is 1. The molecule has 0 aromatic heterocycles. The third-order valence-electron chi connectivity index (χ3n) is 4.02. The average Bonchev–Trinajstić information content (AvgIpc) is 2.99. The van der Waals surface area contributed by atoms with E-state index >= 15 is 0 Å². The first-order valence-electron chi connectivity index (χ1n) is 7.74. The molecule has 21 heavy (non-hydrogen) atoms. The fourth-order valence-corrected chi connectivity index (χ4v) is 2.46. The zero-order valence-electron chi connectivity index (χ0n) is 13.1. The van der Waals surface area contributed by atoms with Crippen molar-refractivity contribution in [3.8, 4) is 5.75 Å². The molecule has 0 unspecified atom stereocenters. The Labute approximate surface area is 126 Å². The van der Waals surface area contributed by atoms with Crippen LogP contribution < -0.4 is 10.1 Å². The Hall–Kier alpha value is -1.55. The van der Waals surface area contributed by atoms with Crippen LogP contribution in [-0.2, 0) is 9.53 Å². The van der Waals surface area contributed by atoms with Gasteiger partial charge in [-0.25, -0.2) is 0 Å². The summed E-state index contributed by atoms with van der Waals surface area (Å²) in [4.78, 5) is 12.2. The van der Waals surface area contributed by atoms with Crippen LogP contribution in [0.4, 0.5) is 0 Å². The summed E-state index contributed by atoms with van der Waals surface area (Å²) in [5.41, 5.74) is 2.25. The van der Waals surface area contributed by atoms with Crippen molar-refractivity contribution in [2.45, 2.75) is 52.2 Å². The molecule has 1 amide bonds. The van der Waals surface area contributed by atoms with Crippen molar-refractivity contribution in [2.75, 3.05) is 13.2 Å². The maximum absolute atomic E-state index is 12.2. The van der Waals surface area contributed by atoms with Gasteiger partial charge in [0.05, 0.1) is 6.10 Å². The maximum Gasteiger partial charge on any atom is 0.261 e. The molecule has 2 atom stereocenters. The molecule has 1 aromatic carbocycles. The Morgan fingerprint density at radius 2 is 2.29 bits per heavy atom. The van der Waals surface area contributed by atoms with Crippen LogP contribution in [0.5, 0.6) is 5.75 Å². The largest absolute Gasteiger partial charge is 0.480 e. The molecular formula is C17H25NO3. The molecule has 0 spiro atoms. The minimum atomic E-state index is -0.452. The number of carbonyl (C=O) groups excluding carboxylic acids is 1. The molecule has 4 heteroatoms. The SMILES string of the molecule is CC[C@H](Oc1cccc(C)c1C)C(=O)NC[C@@H]1CCCO1. The lowest BCUT2D eigenvalue weighted by molar-refractivity contribution is -0.128. The van der Waals surface area contributed by atoms with Crippen LogP contribution in [0.3, 0.4) is 0 Å². The van der Waals surface area contributed by atoms with E-state index in [-0.39, 0.29) is 12.0 Å². The first-order chi connectivity index (χ1) is 10.1. The van der Waals surface area contributed by atoms with Gasteiger partial charge in [0.15, 0.2) is 6.10 Å². The fraction of sp³-hybridized carbons (Fsp3) is 0.588. The Morgan fingerprint density at radius 3 is 2.95 bits per heavy atom. The molecule has 0 bridgehead atoms. The summed E-state index contributed by atoms with van der Waals surface area (Å²) >= 11 is 0. The van der Waals surface area contributed by atoms with Crippen LogP contribution >= 0.6 is 0 Å². The van der Waals surface area contributed by atoms with Crippen molar-refractivity contribution in [2.24, 2.45) is 0 Å². The summed E-state index contributed by atoms with van der Waals surface area (Å²) in [5, 5.41) is 2.94. The van der Waals surface area contributed by atoms with E-state index in [0.29, 0.717) is 13.0 Å². The van der Waals surface area contributed by atoms with Crippen LogP contribution in [0, 0.1) is 13.8 Å². The van der Waals surface area contributed by atoms with E-state index in [1.807, 2.05) is 39.0 Å². The summed E-state index contributed by atoms with van der Waals surface area (Å²) in [5.74, 6) is 0.725. The number of hydrogen-bond donors (Lipinski definition) is 1. The van der Waals surface area contributed by atoms with E-state index in [9.17, 15) is 4.79 Å². The topological polar surface area (TPSA) is 47.6 Å². The minimum Gasteiger partial charge on any atom is -0.480 e. The highest BCUT2D eigenvalue weighted by Gasteiger charge is 2.22. The van der Waals surface area contributed by atoms with E-state index in [0.717, 1.165) is 30.8 Å². The molecule has 0 saturated carbocycles. The van der Waals surface area contributed by atoms with E-state index in [1.165, 1.54) is 5.56 Å². The monoisotopic (exact) mass is 291 g/mol. The van der Waals surface area contributed by atoms with E-state index < -0.39 is 6.10 Å². The molecule has 1 saturated heterocycles. The van der Waals surface area contributed by atoms with Gasteiger partial charge in [0.25, 0.3) is 5.91 Å². The van der Waals surface area contributed by atoms with E-state index in [2.05, 4.69) is 5.32 Å². The second-order valence-electron chi connectivity index (χ2n) is 5.59. The highest BCUT2D eigenvalue weighted by Crippen LogP contribution is 2.22. The number of rotatable bonds is 6. The summed E-state index contributed by atoms with van der Waals surface area (Å²) in [6.45, 7) is 7.39. The lowest BCUT2D eigenvalue weighted by Gasteiger charge is -2.20. The van der Waals surface area contributed by atoms with Crippen LogP contribution in [0.25, 0.3) is 0 Å². The molecule has 1 aliphatic rings. The second-order valence-corrected chi connectivity index (χ2v) is 5.59. The molecule has 4 nitrogen and oxygen atoms in total. The average molecular weight is 291 g/mol. The molecule has 1 aliphatic heterocycles. The number of carbonyl (C=O) groups is 1. The second kappa shape index (κ2) is 7.46. The summed E-state index contributed by atoms with van der Waals surface area (Å²) in [6, 6.07) is 5.91. The fourth-order valence-electron chi connectivity index (χ4n) is 2.46. The Kier molecular flexibility index (Phi) is 5.62. The third-order valence-corrected chi connectivity index (χ3v) is 4.02. The standard InChI is InChI=1S/C17H25NO3/c1-4-15(17(19)18-11-14-8-6-10-20-14)21-16-9-5-7-12(2)13(16)3/h5,7,9,14-15H,4,6,8,10-11H2,1-3H3,(H,18,19)/t14-,15-/m0/s1. The Balaban J connectivity index is 1.92. The molecule has 0 radical (unpaired) electrons. The molecule has 1 aromatic rings.